The number of aliphatic hydroxyl groups excluding tert-OH is 1. The standard InChI is InChI=1S/C11H16N2O4/c1-17-11-5-4-8(7-9(11)13(15)16)10(14)3-2-6-12/h4-5,7,10,14H,2-3,6,12H2,1H3. The van der Waals surface area contributed by atoms with Gasteiger partial charge in [-0.3, -0.25) is 10.1 Å². The Bertz CT molecular complexity index is 395. The number of methoxy groups -OCH3 is 1. The number of aliphatic hydroxyl groups is 1. The predicted octanol–water partition coefficient (Wildman–Crippen LogP) is 1.38. The molecule has 0 aliphatic heterocycles. The first-order chi connectivity index (χ1) is 8.10. The molecule has 94 valence electrons. The van der Waals surface area contributed by atoms with E-state index in [4.69, 9.17) is 10.5 Å². The Kier molecular flexibility index (Phi) is 4.86. The zero-order chi connectivity index (χ0) is 12.8. The third kappa shape index (κ3) is 3.40. The van der Waals surface area contributed by atoms with E-state index in [9.17, 15) is 15.2 Å². The lowest BCUT2D eigenvalue weighted by molar-refractivity contribution is -0.385. The van der Waals surface area contributed by atoms with E-state index in [1.165, 1.54) is 19.2 Å². The maximum Gasteiger partial charge on any atom is 0.311 e. The van der Waals surface area contributed by atoms with Gasteiger partial charge in [-0.05, 0) is 31.0 Å². The van der Waals surface area contributed by atoms with Gasteiger partial charge in [0.05, 0.1) is 18.1 Å². The molecule has 0 amide bonds. The predicted molar refractivity (Wildman–Crippen MR) is 62.9 cm³/mol. The molecule has 0 bridgehead atoms. The molecule has 0 saturated carbocycles. The van der Waals surface area contributed by atoms with Crippen LogP contribution >= 0.6 is 0 Å². The maximum atomic E-state index is 10.8. The van der Waals surface area contributed by atoms with Gasteiger partial charge in [0.15, 0.2) is 5.75 Å². The number of rotatable bonds is 6. The highest BCUT2D eigenvalue weighted by atomic mass is 16.6. The summed E-state index contributed by atoms with van der Waals surface area (Å²) in [5.41, 5.74) is 5.70. The average molecular weight is 240 g/mol. The number of hydrogen-bond donors (Lipinski definition) is 2. The SMILES string of the molecule is COc1ccc(C(O)CCCN)cc1[N+](=O)[O-]. The number of nitro groups is 1. The molecular formula is C11H16N2O4. The Morgan fingerprint density at radius 1 is 1.59 bits per heavy atom. The topological polar surface area (TPSA) is 98.6 Å². The Morgan fingerprint density at radius 2 is 2.29 bits per heavy atom. The van der Waals surface area contributed by atoms with E-state index in [1.807, 2.05) is 0 Å². The van der Waals surface area contributed by atoms with E-state index in [0.29, 0.717) is 24.9 Å². The molecule has 0 spiro atoms. The van der Waals surface area contributed by atoms with Crippen LogP contribution in [0.15, 0.2) is 18.2 Å². The van der Waals surface area contributed by atoms with Gasteiger partial charge >= 0.3 is 5.69 Å². The van der Waals surface area contributed by atoms with Crippen LogP contribution in [-0.4, -0.2) is 23.7 Å². The molecule has 1 aromatic carbocycles. The summed E-state index contributed by atoms with van der Waals surface area (Å²) in [4.78, 5) is 10.3. The summed E-state index contributed by atoms with van der Waals surface area (Å²) in [6, 6.07) is 4.44. The minimum Gasteiger partial charge on any atom is -0.490 e. The van der Waals surface area contributed by atoms with Crippen molar-refractivity contribution < 1.29 is 14.8 Å². The van der Waals surface area contributed by atoms with Crippen molar-refractivity contribution in [1.29, 1.82) is 0 Å². The Labute approximate surface area is 99.2 Å². The third-order valence-electron chi connectivity index (χ3n) is 2.47. The van der Waals surface area contributed by atoms with Crippen LogP contribution in [0.5, 0.6) is 5.75 Å². The van der Waals surface area contributed by atoms with Crippen LogP contribution in [0.4, 0.5) is 5.69 Å². The monoisotopic (exact) mass is 240 g/mol. The second-order valence-corrected chi connectivity index (χ2v) is 3.64. The summed E-state index contributed by atoms with van der Waals surface area (Å²) in [5, 5.41) is 20.6. The third-order valence-corrected chi connectivity index (χ3v) is 2.47. The van der Waals surface area contributed by atoms with Crippen molar-refractivity contribution in [3.8, 4) is 5.75 Å². The summed E-state index contributed by atoms with van der Waals surface area (Å²) in [6.45, 7) is 0.481. The lowest BCUT2D eigenvalue weighted by Gasteiger charge is -2.11. The molecule has 0 aliphatic carbocycles. The zero-order valence-electron chi connectivity index (χ0n) is 9.63. The first kappa shape index (κ1) is 13.4. The zero-order valence-corrected chi connectivity index (χ0v) is 9.63. The first-order valence-corrected chi connectivity index (χ1v) is 5.30. The first-order valence-electron chi connectivity index (χ1n) is 5.30. The smallest absolute Gasteiger partial charge is 0.311 e. The van der Waals surface area contributed by atoms with E-state index in [1.54, 1.807) is 6.07 Å². The molecule has 3 N–H and O–H groups in total. The highest BCUT2D eigenvalue weighted by Gasteiger charge is 2.18. The fourth-order valence-corrected chi connectivity index (χ4v) is 1.53. The fourth-order valence-electron chi connectivity index (χ4n) is 1.53. The van der Waals surface area contributed by atoms with Gasteiger partial charge in [0.1, 0.15) is 0 Å². The van der Waals surface area contributed by atoms with Gasteiger partial charge in [-0.2, -0.15) is 0 Å². The molecule has 0 heterocycles. The lowest BCUT2D eigenvalue weighted by Crippen LogP contribution is -2.04. The van der Waals surface area contributed by atoms with Crippen molar-refractivity contribution >= 4 is 5.69 Å². The molecule has 1 aromatic rings. The molecule has 1 unspecified atom stereocenters. The van der Waals surface area contributed by atoms with Gasteiger partial charge in [0, 0.05) is 6.07 Å². The number of nitrogens with zero attached hydrogens (tertiary/aromatic N) is 1. The molecule has 0 fully saturated rings. The van der Waals surface area contributed by atoms with Gasteiger partial charge in [-0.1, -0.05) is 6.07 Å². The van der Waals surface area contributed by atoms with Crippen molar-refractivity contribution in [2.45, 2.75) is 18.9 Å². The fraction of sp³-hybridized carbons (Fsp3) is 0.455. The van der Waals surface area contributed by atoms with Gasteiger partial charge in [-0.25, -0.2) is 0 Å². The quantitative estimate of drug-likeness (QED) is 0.578. The van der Waals surface area contributed by atoms with E-state index in [0.717, 1.165) is 0 Å². The van der Waals surface area contributed by atoms with Crippen LogP contribution in [0.1, 0.15) is 24.5 Å². The molecule has 6 nitrogen and oxygen atoms in total. The van der Waals surface area contributed by atoms with Crippen molar-refractivity contribution in [1.82, 2.24) is 0 Å². The second kappa shape index (κ2) is 6.17. The van der Waals surface area contributed by atoms with Gasteiger partial charge in [-0.15, -0.1) is 0 Å². The maximum absolute atomic E-state index is 10.8. The highest BCUT2D eigenvalue weighted by Crippen LogP contribution is 2.30. The van der Waals surface area contributed by atoms with Crippen LogP contribution in [-0.2, 0) is 0 Å². The normalized spacial score (nSPS) is 12.2. The largest absolute Gasteiger partial charge is 0.490 e. The summed E-state index contributed by atoms with van der Waals surface area (Å²) in [5.74, 6) is 0.185. The molecule has 6 heteroatoms. The van der Waals surface area contributed by atoms with Gasteiger partial charge in [0.25, 0.3) is 0 Å². The number of nitrogens with two attached hydrogens (primary N) is 1. The number of hydrogen-bond acceptors (Lipinski definition) is 5. The van der Waals surface area contributed by atoms with Crippen LogP contribution < -0.4 is 10.5 Å². The summed E-state index contributed by atoms with van der Waals surface area (Å²) in [7, 11) is 1.37. The van der Waals surface area contributed by atoms with Crippen molar-refractivity contribution in [2.75, 3.05) is 13.7 Å². The minimum atomic E-state index is -0.733. The van der Waals surface area contributed by atoms with Gasteiger partial charge in [0.2, 0.25) is 0 Å². The van der Waals surface area contributed by atoms with Gasteiger partial charge < -0.3 is 15.6 Å². The molecule has 0 aliphatic rings. The van der Waals surface area contributed by atoms with Crippen molar-refractivity contribution in [3.63, 3.8) is 0 Å². The van der Waals surface area contributed by atoms with E-state index in [-0.39, 0.29) is 11.4 Å². The second-order valence-electron chi connectivity index (χ2n) is 3.64. The van der Waals surface area contributed by atoms with Crippen LogP contribution in [0.2, 0.25) is 0 Å². The van der Waals surface area contributed by atoms with Crippen LogP contribution in [0.3, 0.4) is 0 Å². The summed E-state index contributed by atoms with van der Waals surface area (Å²) in [6.07, 6.45) is 0.421. The molecular weight excluding hydrogens is 224 g/mol. The Hall–Kier alpha value is -1.66. The minimum absolute atomic E-state index is 0.142. The van der Waals surface area contributed by atoms with E-state index < -0.39 is 11.0 Å². The average Bonchev–Trinajstić information content (AvgIpc) is 2.34. The Balaban J connectivity index is 2.95. The molecule has 17 heavy (non-hydrogen) atoms. The van der Waals surface area contributed by atoms with Crippen molar-refractivity contribution in [2.24, 2.45) is 5.73 Å². The molecule has 1 rings (SSSR count). The van der Waals surface area contributed by atoms with Crippen LogP contribution in [0.25, 0.3) is 0 Å². The molecule has 0 aromatic heterocycles. The number of nitro benzene ring substituents is 1. The summed E-state index contributed by atoms with van der Waals surface area (Å²) < 4.78 is 4.88. The van der Waals surface area contributed by atoms with E-state index in [2.05, 4.69) is 0 Å². The van der Waals surface area contributed by atoms with Crippen LogP contribution in [0, 0.1) is 10.1 Å². The molecule has 0 saturated heterocycles. The summed E-state index contributed by atoms with van der Waals surface area (Å²) >= 11 is 0. The molecule has 1 atom stereocenters. The number of benzene rings is 1. The number of ether oxygens (including phenoxy) is 1. The lowest BCUT2D eigenvalue weighted by atomic mass is 10.0. The van der Waals surface area contributed by atoms with E-state index >= 15 is 0 Å². The molecule has 0 radical (unpaired) electrons. The Morgan fingerprint density at radius 3 is 2.82 bits per heavy atom. The highest BCUT2D eigenvalue weighted by molar-refractivity contribution is 5.49. The van der Waals surface area contributed by atoms with Crippen molar-refractivity contribution in [3.05, 3.63) is 33.9 Å².